The number of ether oxygens (including phenoxy) is 1. The molecule has 4 aliphatic carbocycles. The lowest BCUT2D eigenvalue weighted by atomic mass is 9.52. The highest BCUT2D eigenvalue weighted by Crippen LogP contribution is 2.57. The summed E-state index contributed by atoms with van der Waals surface area (Å²) in [6.07, 6.45) is 7.69. The molecule has 0 heterocycles. The van der Waals surface area contributed by atoms with Gasteiger partial charge in [-0.3, -0.25) is 0 Å². The van der Waals surface area contributed by atoms with E-state index in [9.17, 15) is 4.79 Å². The van der Waals surface area contributed by atoms with Gasteiger partial charge in [-0.25, -0.2) is 4.79 Å². The zero-order chi connectivity index (χ0) is 13.8. The molecule has 1 amide bonds. The van der Waals surface area contributed by atoms with Crippen molar-refractivity contribution in [1.82, 2.24) is 4.90 Å². The molecule has 0 aliphatic heterocycles. The number of hydrogen-bond donors (Lipinski definition) is 0. The molecular formula is C16H27NO2. The highest BCUT2D eigenvalue weighted by atomic mass is 16.6. The van der Waals surface area contributed by atoms with Gasteiger partial charge in [0.15, 0.2) is 0 Å². The van der Waals surface area contributed by atoms with Crippen LogP contribution in [0.4, 0.5) is 4.79 Å². The Morgan fingerprint density at radius 1 is 1.05 bits per heavy atom. The van der Waals surface area contributed by atoms with Gasteiger partial charge in [0.1, 0.15) is 5.60 Å². The van der Waals surface area contributed by atoms with Crippen molar-refractivity contribution >= 4 is 6.09 Å². The lowest BCUT2D eigenvalue weighted by molar-refractivity contribution is -0.0816. The summed E-state index contributed by atoms with van der Waals surface area (Å²) in [6.45, 7) is 5.83. The number of hydrogen-bond acceptors (Lipinski definition) is 2. The second-order valence-corrected chi connectivity index (χ2v) is 8.18. The van der Waals surface area contributed by atoms with Gasteiger partial charge in [0.05, 0.1) is 0 Å². The van der Waals surface area contributed by atoms with Gasteiger partial charge in [0.25, 0.3) is 0 Å². The second kappa shape index (κ2) is 4.13. The Balaban J connectivity index is 1.76. The van der Waals surface area contributed by atoms with Gasteiger partial charge in [-0.05, 0) is 77.0 Å². The summed E-state index contributed by atoms with van der Waals surface area (Å²) in [7, 11) is 1.96. The first-order valence-electron chi connectivity index (χ1n) is 7.74. The van der Waals surface area contributed by atoms with E-state index in [1.165, 1.54) is 38.5 Å². The van der Waals surface area contributed by atoms with Crippen LogP contribution in [0.25, 0.3) is 0 Å². The van der Waals surface area contributed by atoms with Crippen molar-refractivity contribution in [3.63, 3.8) is 0 Å². The van der Waals surface area contributed by atoms with Crippen LogP contribution in [0.3, 0.4) is 0 Å². The van der Waals surface area contributed by atoms with Crippen LogP contribution in [-0.2, 0) is 4.74 Å². The maximum absolute atomic E-state index is 12.4. The van der Waals surface area contributed by atoms with Crippen LogP contribution in [0.2, 0.25) is 0 Å². The largest absolute Gasteiger partial charge is 0.444 e. The lowest BCUT2D eigenvalue weighted by Crippen LogP contribution is -2.60. The molecule has 0 aromatic rings. The van der Waals surface area contributed by atoms with Crippen LogP contribution in [0.5, 0.6) is 0 Å². The van der Waals surface area contributed by atoms with Crippen molar-refractivity contribution in [3.8, 4) is 0 Å². The standard InChI is InChI=1S/C16H27NO2/c1-15(2,3)19-14(18)17(4)16-8-11-5-12(9-16)7-13(6-11)10-16/h11-13H,5-10H2,1-4H3. The Bertz CT molecular complexity index is 347. The van der Waals surface area contributed by atoms with E-state index in [2.05, 4.69) is 0 Å². The molecule has 4 rings (SSSR count). The van der Waals surface area contributed by atoms with Crippen LogP contribution in [0.15, 0.2) is 0 Å². The van der Waals surface area contributed by atoms with Crippen molar-refractivity contribution in [2.75, 3.05) is 7.05 Å². The summed E-state index contributed by atoms with van der Waals surface area (Å²) >= 11 is 0. The number of carbonyl (C=O) groups excluding carboxylic acids is 1. The number of nitrogens with zero attached hydrogens (tertiary/aromatic N) is 1. The fourth-order valence-electron chi connectivity index (χ4n) is 5.00. The summed E-state index contributed by atoms with van der Waals surface area (Å²) in [4.78, 5) is 14.3. The molecule has 4 fully saturated rings. The predicted octanol–water partition coefficient (Wildman–Crippen LogP) is 3.82. The first-order valence-corrected chi connectivity index (χ1v) is 7.74. The minimum absolute atomic E-state index is 0.108. The highest BCUT2D eigenvalue weighted by Gasteiger charge is 2.54. The molecule has 0 saturated heterocycles. The van der Waals surface area contributed by atoms with E-state index in [0.29, 0.717) is 0 Å². The molecule has 0 aromatic carbocycles. The number of rotatable bonds is 1. The molecule has 4 aliphatic rings. The van der Waals surface area contributed by atoms with Crippen LogP contribution in [-0.4, -0.2) is 29.2 Å². The normalized spacial score (nSPS) is 40.3. The second-order valence-electron chi connectivity index (χ2n) is 8.18. The third kappa shape index (κ3) is 2.36. The monoisotopic (exact) mass is 265 g/mol. The third-order valence-corrected chi connectivity index (χ3v) is 5.38. The van der Waals surface area contributed by atoms with E-state index in [0.717, 1.165) is 17.8 Å². The molecule has 0 unspecified atom stereocenters. The third-order valence-electron chi connectivity index (χ3n) is 5.38. The Morgan fingerprint density at radius 2 is 1.47 bits per heavy atom. The maximum atomic E-state index is 12.4. The highest BCUT2D eigenvalue weighted by molar-refractivity contribution is 5.69. The van der Waals surface area contributed by atoms with E-state index < -0.39 is 5.60 Å². The van der Waals surface area contributed by atoms with Gasteiger partial charge in [-0.1, -0.05) is 0 Å². The van der Waals surface area contributed by atoms with E-state index in [1.807, 2.05) is 32.7 Å². The SMILES string of the molecule is CN(C(=O)OC(C)(C)C)C12CC3CC(CC(C3)C1)C2. The minimum Gasteiger partial charge on any atom is -0.444 e. The van der Waals surface area contributed by atoms with Crippen molar-refractivity contribution in [2.24, 2.45) is 17.8 Å². The molecule has 0 radical (unpaired) electrons. The smallest absolute Gasteiger partial charge is 0.410 e. The summed E-state index contributed by atoms with van der Waals surface area (Å²) in [5.41, 5.74) is -0.287. The Morgan fingerprint density at radius 3 is 1.84 bits per heavy atom. The molecule has 3 heteroatoms. The van der Waals surface area contributed by atoms with Gasteiger partial charge >= 0.3 is 6.09 Å². The van der Waals surface area contributed by atoms with E-state index in [1.54, 1.807) is 0 Å². The quantitative estimate of drug-likeness (QED) is 0.721. The Kier molecular flexibility index (Phi) is 2.88. The molecule has 0 spiro atoms. The number of amides is 1. The van der Waals surface area contributed by atoms with Crippen LogP contribution < -0.4 is 0 Å². The Labute approximate surface area is 116 Å². The molecule has 0 aromatic heterocycles. The summed E-state index contributed by atoms with van der Waals surface area (Å²) < 4.78 is 5.58. The van der Waals surface area contributed by atoms with Gasteiger partial charge in [0, 0.05) is 12.6 Å². The molecule has 0 N–H and O–H groups in total. The minimum atomic E-state index is -0.395. The summed E-state index contributed by atoms with van der Waals surface area (Å²) in [5, 5.41) is 0. The molecule has 3 nitrogen and oxygen atoms in total. The fourth-order valence-corrected chi connectivity index (χ4v) is 5.00. The molecule has 19 heavy (non-hydrogen) atoms. The topological polar surface area (TPSA) is 29.5 Å². The lowest BCUT2D eigenvalue weighted by Gasteiger charge is -2.59. The van der Waals surface area contributed by atoms with E-state index in [4.69, 9.17) is 4.74 Å². The first-order chi connectivity index (χ1) is 8.77. The van der Waals surface area contributed by atoms with Crippen molar-refractivity contribution in [1.29, 1.82) is 0 Å². The molecule has 4 bridgehead atoms. The average Bonchev–Trinajstić information content (AvgIpc) is 2.23. The van der Waals surface area contributed by atoms with Crippen molar-refractivity contribution in [3.05, 3.63) is 0 Å². The summed E-state index contributed by atoms with van der Waals surface area (Å²) in [5.74, 6) is 2.57. The van der Waals surface area contributed by atoms with E-state index in [-0.39, 0.29) is 11.6 Å². The zero-order valence-corrected chi connectivity index (χ0v) is 12.7. The first kappa shape index (κ1) is 13.3. The summed E-state index contributed by atoms with van der Waals surface area (Å²) in [6, 6.07) is 0. The maximum Gasteiger partial charge on any atom is 0.410 e. The fraction of sp³-hybridized carbons (Fsp3) is 0.938. The molecule has 108 valence electrons. The van der Waals surface area contributed by atoms with Crippen molar-refractivity contribution in [2.45, 2.75) is 70.4 Å². The van der Waals surface area contributed by atoms with Crippen LogP contribution >= 0.6 is 0 Å². The molecular weight excluding hydrogens is 238 g/mol. The van der Waals surface area contributed by atoms with Crippen LogP contribution in [0.1, 0.15) is 59.3 Å². The number of carbonyl (C=O) groups is 1. The van der Waals surface area contributed by atoms with Gasteiger partial charge in [-0.2, -0.15) is 0 Å². The van der Waals surface area contributed by atoms with Crippen LogP contribution in [0, 0.1) is 17.8 Å². The van der Waals surface area contributed by atoms with Gasteiger partial charge < -0.3 is 9.64 Å². The zero-order valence-electron chi connectivity index (χ0n) is 12.7. The van der Waals surface area contributed by atoms with Crippen molar-refractivity contribution < 1.29 is 9.53 Å². The molecule has 4 saturated carbocycles. The predicted molar refractivity (Wildman–Crippen MR) is 74.9 cm³/mol. The molecule has 0 atom stereocenters. The Hall–Kier alpha value is -0.730. The average molecular weight is 265 g/mol. The van der Waals surface area contributed by atoms with Gasteiger partial charge in [0.2, 0.25) is 0 Å². The van der Waals surface area contributed by atoms with E-state index >= 15 is 0 Å². The van der Waals surface area contributed by atoms with Gasteiger partial charge in [-0.15, -0.1) is 0 Å².